The number of hydrogen-bond acceptors (Lipinski definition) is 5. The van der Waals surface area contributed by atoms with Gasteiger partial charge in [-0.3, -0.25) is 14.5 Å². The van der Waals surface area contributed by atoms with Gasteiger partial charge in [-0.15, -0.1) is 0 Å². The van der Waals surface area contributed by atoms with Gasteiger partial charge < -0.3 is 10.1 Å². The Morgan fingerprint density at radius 1 is 1.23 bits per heavy atom. The first kappa shape index (κ1) is 21.7. The summed E-state index contributed by atoms with van der Waals surface area (Å²) < 4.78 is 43.9. The molecule has 0 radical (unpaired) electrons. The Balaban J connectivity index is 1.80. The molecule has 10 heteroatoms. The molecule has 1 saturated heterocycles. The number of methoxy groups -OCH3 is 1. The standard InChI is InChI=1S/C20H18F3N3O3S/c1-26-17(27)11-16(18(28)24-14-7-4-8-15(10-14)29-2)30-19(26)25-13-6-3-5-12(9-13)20(21,22)23/h3-10,16H,11H2,1-2H3,(H,24,28). The van der Waals surface area contributed by atoms with E-state index in [0.29, 0.717) is 11.4 Å². The topological polar surface area (TPSA) is 71.0 Å². The second-order valence-electron chi connectivity index (χ2n) is 6.43. The Labute approximate surface area is 175 Å². The van der Waals surface area contributed by atoms with E-state index in [-0.39, 0.29) is 23.2 Å². The van der Waals surface area contributed by atoms with Crippen molar-refractivity contribution in [3.05, 3.63) is 54.1 Å². The summed E-state index contributed by atoms with van der Waals surface area (Å²) in [5, 5.41) is 2.10. The number of alkyl halides is 3. The number of anilines is 1. The highest BCUT2D eigenvalue weighted by atomic mass is 32.2. The van der Waals surface area contributed by atoms with Gasteiger partial charge in [0.15, 0.2) is 5.17 Å². The van der Waals surface area contributed by atoms with Gasteiger partial charge in [0.05, 0.1) is 18.4 Å². The fourth-order valence-electron chi connectivity index (χ4n) is 2.68. The summed E-state index contributed by atoms with van der Waals surface area (Å²) in [6, 6.07) is 11.2. The predicted molar refractivity (Wildman–Crippen MR) is 109 cm³/mol. The van der Waals surface area contributed by atoms with Crippen molar-refractivity contribution in [2.45, 2.75) is 17.8 Å². The Morgan fingerprint density at radius 3 is 2.67 bits per heavy atom. The second kappa shape index (κ2) is 8.78. The summed E-state index contributed by atoms with van der Waals surface area (Å²) in [7, 11) is 2.97. The molecule has 30 heavy (non-hydrogen) atoms. The third-order valence-corrected chi connectivity index (χ3v) is 5.54. The summed E-state index contributed by atoms with van der Waals surface area (Å²) in [4.78, 5) is 30.4. The lowest BCUT2D eigenvalue weighted by molar-refractivity contribution is -0.137. The number of amides is 2. The summed E-state index contributed by atoms with van der Waals surface area (Å²) in [6.45, 7) is 0. The Morgan fingerprint density at radius 2 is 1.97 bits per heavy atom. The molecule has 158 valence electrons. The molecule has 0 aromatic heterocycles. The van der Waals surface area contributed by atoms with Crippen molar-refractivity contribution in [3.8, 4) is 5.75 Å². The number of amidine groups is 1. The number of nitrogens with zero attached hydrogens (tertiary/aromatic N) is 2. The minimum atomic E-state index is -4.50. The zero-order chi connectivity index (χ0) is 21.9. The van der Waals surface area contributed by atoms with Crippen molar-refractivity contribution in [3.63, 3.8) is 0 Å². The minimum Gasteiger partial charge on any atom is -0.497 e. The Hall–Kier alpha value is -3.01. The van der Waals surface area contributed by atoms with Crippen LogP contribution in [0.1, 0.15) is 12.0 Å². The zero-order valence-electron chi connectivity index (χ0n) is 16.1. The highest BCUT2D eigenvalue weighted by molar-refractivity contribution is 8.15. The predicted octanol–water partition coefficient (Wildman–Crippen LogP) is 4.30. The molecule has 6 nitrogen and oxygen atoms in total. The summed E-state index contributed by atoms with van der Waals surface area (Å²) in [5.41, 5.74) is -0.296. The molecule has 1 atom stereocenters. The normalized spacial score (nSPS) is 18.4. The van der Waals surface area contributed by atoms with Crippen LogP contribution in [0.15, 0.2) is 53.5 Å². The Kier molecular flexibility index (Phi) is 6.35. The van der Waals surface area contributed by atoms with Gasteiger partial charge in [-0.05, 0) is 30.3 Å². The molecule has 3 rings (SSSR count). The number of halogens is 3. The van der Waals surface area contributed by atoms with Crippen LogP contribution in [-0.2, 0) is 15.8 Å². The highest BCUT2D eigenvalue weighted by Gasteiger charge is 2.34. The molecule has 2 aromatic carbocycles. The molecule has 0 spiro atoms. The SMILES string of the molecule is COc1cccc(NC(=O)C2CC(=O)N(C)C(=Nc3cccc(C(F)(F)F)c3)S2)c1. The number of hydrogen-bond donors (Lipinski definition) is 1. The number of aliphatic imine (C=N–C) groups is 1. The van der Waals surface area contributed by atoms with Crippen LogP contribution in [0.2, 0.25) is 0 Å². The molecule has 1 fully saturated rings. The van der Waals surface area contributed by atoms with E-state index in [1.807, 2.05) is 0 Å². The molecule has 1 aliphatic rings. The highest BCUT2D eigenvalue weighted by Crippen LogP contribution is 2.33. The van der Waals surface area contributed by atoms with E-state index in [1.54, 1.807) is 24.3 Å². The number of benzene rings is 2. The van der Waals surface area contributed by atoms with Gasteiger partial charge in [0.2, 0.25) is 11.8 Å². The maximum Gasteiger partial charge on any atom is 0.416 e. The first-order chi connectivity index (χ1) is 14.2. The van der Waals surface area contributed by atoms with Crippen LogP contribution in [0.5, 0.6) is 5.75 Å². The van der Waals surface area contributed by atoms with E-state index in [0.717, 1.165) is 23.9 Å². The number of nitrogens with one attached hydrogen (secondary N) is 1. The molecule has 1 aliphatic heterocycles. The molecule has 1 N–H and O–H groups in total. The lowest BCUT2D eigenvalue weighted by atomic mass is 10.2. The van der Waals surface area contributed by atoms with Crippen molar-refractivity contribution in [1.82, 2.24) is 4.90 Å². The third kappa shape index (κ3) is 5.12. The molecular weight excluding hydrogens is 419 g/mol. The minimum absolute atomic E-state index is 0.0424. The van der Waals surface area contributed by atoms with Gasteiger partial charge in [0, 0.05) is 25.2 Å². The number of rotatable bonds is 4. The van der Waals surface area contributed by atoms with Gasteiger partial charge in [0.1, 0.15) is 11.0 Å². The molecule has 0 saturated carbocycles. The van der Waals surface area contributed by atoms with Gasteiger partial charge in [-0.2, -0.15) is 13.2 Å². The van der Waals surface area contributed by atoms with Crippen LogP contribution < -0.4 is 10.1 Å². The molecule has 2 amide bonds. The number of thioether (sulfide) groups is 1. The maximum atomic E-state index is 12.9. The summed E-state index contributed by atoms with van der Waals surface area (Å²) in [5.74, 6) is -0.205. The monoisotopic (exact) mass is 437 g/mol. The first-order valence-electron chi connectivity index (χ1n) is 8.81. The number of carbonyl (C=O) groups is 2. The van der Waals surface area contributed by atoms with Crippen LogP contribution >= 0.6 is 11.8 Å². The van der Waals surface area contributed by atoms with E-state index >= 15 is 0 Å². The second-order valence-corrected chi connectivity index (χ2v) is 7.60. The largest absolute Gasteiger partial charge is 0.497 e. The van der Waals surface area contributed by atoms with Gasteiger partial charge in [-0.1, -0.05) is 23.9 Å². The van der Waals surface area contributed by atoms with Crippen molar-refractivity contribution in [1.29, 1.82) is 0 Å². The summed E-state index contributed by atoms with van der Waals surface area (Å²) in [6.07, 6.45) is -4.56. The van der Waals surface area contributed by atoms with E-state index in [4.69, 9.17) is 4.74 Å². The van der Waals surface area contributed by atoms with Crippen LogP contribution in [0.3, 0.4) is 0 Å². The van der Waals surface area contributed by atoms with Gasteiger partial charge >= 0.3 is 6.18 Å². The van der Waals surface area contributed by atoms with Crippen LogP contribution in [0.25, 0.3) is 0 Å². The van der Waals surface area contributed by atoms with Crippen molar-refractivity contribution in [2.75, 3.05) is 19.5 Å². The third-order valence-electron chi connectivity index (χ3n) is 4.30. The lowest BCUT2D eigenvalue weighted by Crippen LogP contribution is -2.43. The molecular formula is C20H18F3N3O3S. The van der Waals surface area contributed by atoms with Crippen molar-refractivity contribution >= 4 is 40.1 Å². The van der Waals surface area contributed by atoms with E-state index < -0.39 is 22.9 Å². The molecule has 1 heterocycles. The van der Waals surface area contributed by atoms with E-state index in [9.17, 15) is 22.8 Å². The first-order valence-corrected chi connectivity index (χ1v) is 9.69. The Bertz CT molecular complexity index is 995. The van der Waals surface area contributed by atoms with E-state index in [1.165, 1.54) is 31.2 Å². The zero-order valence-corrected chi connectivity index (χ0v) is 16.9. The smallest absolute Gasteiger partial charge is 0.416 e. The lowest BCUT2D eigenvalue weighted by Gasteiger charge is -2.28. The average molecular weight is 437 g/mol. The summed E-state index contributed by atoms with van der Waals surface area (Å²) >= 11 is 1.02. The van der Waals surface area contributed by atoms with Crippen LogP contribution in [0.4, 0.5) is 24.5 Å². The van der Waals surface area contributed by atoms with Gasteiger partial charge in [0.25, 0.3) is 0 Å². The number of ether oxygens (including phenoxy) is 1. The van der Waals surface area contributed by atoms with Gasteiger partial charge in [-0.25, -0.2) is 4.99 Å². The maximum absolute atomic E-state index is 12.9. The quantitative estimate of drug-likeness (QED) is 0.774. The average Bonchev–Trinajstić information content (AvgIpc) is 2.71. The molecule has 0 bridgehead atoms. The number of carbonyl (C=O) groups excluding carboxylic acids is 2. The van der Waals surface area contributed by atoms with Crippen LogP contribution in [0, 0.1) is 0 Å². The van der Waals surface area contributed by atoms with Crippen molar-refractivity contribution in [2.24, 2.45) is 4.99 Å². The molecule has 0 aliphatic carbocycles. The fourth-order valence-corrected chi connectivity index (χ4v) is 3.75. The van der Waals surface area contributed by atoms with E-state index in [2.05, 4.69) is 10.3 Å². The van der Waals surface area contributed by atoms with Crippen LogP contribution in [-0.4, -0.2) is 41.3 Å². The molecule has 1 unspecified atom stereocenters. The molecule has 2 aromatic rings. The van der Waals surface area contributed by atoms with Crippen molar-refractivity contribution < 1.29 is 27.5 Å². The fraction of sp³-hybridized carbons (Fsp3) is 0.250.